The van der Waals surface area contributed by atoms with Gasteiger partial charge in [-0.05, 0) is 42.9 Å². The summed E-state index contributed by atoms with van der Waals surface area (Å²) >= 11 is 0. The van der Waals surface area contributed by atoms with Crippen molar-refractivity contribution in [3.63, 3.8) is 0 Å². The van der Waals surface area contributed by atoms with Gasteiger partial charge in [0.15, 0.2) is 0 Å². The second-order valence-electron chi connectivity index (χ2n) is 6.60. The molecule has 0 spiro atoms. The van der Waals surface area contributed by atoms with Crippen molar-refractivity contribution in [3.05, 3.63) is 0 Å². The minimum atomic E-state index is -0.934. The standard InChI is InChI=1S/C15H24N2O4/c1-9(5-14(19)20)4-13(18)17-15(21)16-8-12-7-10-2-3-11(12)6-10/h9-12H,2-8H2,1H3,(H,19,20)(H2,16,17,18,21). The fraction of sp³-hybridized carbons (Fsp3) is 0.800. The molecular weight excluding hydrogens is 272 g/mol. The third-order valence-electron chi connectivity index (χ3n) is 4.72. The number of amides is 3. The zero-order chi connectivity index (χ0) is 15.4. The van der Waals surface area contributed by atoms with Crippen LogP contribution in [0.1, 0.15) is 45.4 Å². The number of carboxylic acid groups (broad SMARTS) is 1. The SMILES string of the molecule is CC(CC(=O)O)CC(=O)NC(=O)NCC1CC2CCC1C2. The number of nitrogens with one attached hydrogen (secondary N) is 2. The highest BCUT2D eigenvalue weighted by atomic mass is 16.4. The summed E-state index contributed by atoms with van der Waals surface area (Å²) in [5, 5.41) is 13.7. The molecule has 118 valence electrons. The highest BCUT2D eigenvalue weighted by Crippen LogP contribution is 2.47. The number of aliphatic carboxylic acids is 1. The quantitative estimate of drug-likeness (QED) is 0.696. The zero-order valence-electron chi connectivity index (χ0n) is 12.4. The van der Waals surface area contributed by atoms with Crippen molar-refractivity contribution >= 4 is 17.9 Å². The molecule has 2 aliphatic rings. The number of hydrogen-bond donors (Lipinski definition) is 3. The lowest BCUT2D eigenvalue weighted by Crippen LogP contribution is -2.42. The molecule has 0 radical (unpaired) electrons. The maximum atomic E-state index is 11.7. The minimum absolute atomic E-state index is 0.0495. The molecule has 3 N–H and O–H groups in total. The first kappa shape index (κ1) is 15.8. The highest BCUT2D eigenvalue weighted by Gasteiger charge is 2.39. The second-order valence-corrected chi connectivity index (χ2v) is 6.60. The van der Waals surface area contributed by atoms with Gasteiger partial charge in [0, 0.05) is 19.4 Å². The van der Waals surface area contributed by atoms with Crippen LogP contribution in [0.15, 0.2) is 0 Å². The number of urea groups is 1. The predicted octanol–water partition coefficient (Wildman–Crippen LogP) is 1.75. The van der Waals surface area contributed by atoms with Crippen LogP contribution in [-0.2, 0) is 9.59 Å². The molecule has 6 nitrogen and oxygen atoms in total. The molecule has 2 rings (SSSR count). The summed E-state index contributed by atoms with van der Waals surface area (Å²) in [6.45, 7) is 2.31. The molecule has 2 bridgehead atoms. The van der Waals surface area contributed by atoms with Gasteiger partial charge >= 0.3 is 12.0 Å². The minimum Gasteiger partial charge on any atom is -0.481 e. The van der Waals surface area contributed by atoms with Crippen LogP contribution in [0.5, 0.6) is 0 Å². The average Bonchev–Trinajstić information content (AvgIpc) is 2.96. The molecule has 0 saturated heterocycles. The van der Waals surface area contributed by atoms with Gasteiger partial charge < -0.3 is 10.4 Å². The Bertz CT molecular complexity index is 424. The molecule has 0 aromatic heterocycles. The summed E-state index contributed by atoms with van der Waals surface area (Å²) in [4.78, 5) is 33.8. The predicted molar refractivity (Wildman–Crippen MR) is 76.5 cm³/mol. The Kier molecular flexibility index (Phi) is 5.20. The van der Waals surface area contributed by atoms with E-state index in [-0.39, 0.29) is 18.8 Å². The number of hydrogen-bond acceptors (Lipinski definition) is 3. The molecule has 3 amide bonds. The van der Waals surface area contributed by atoms with Crippen LogP contribution in [0, 0.1) is 23.7 Å². The number of imide groups is 1. The van der Waals surface area contributed by atoms with Gasteiger partial charge in [0.25, 0.3) is 0 Å². The van der Waals surface area contributed by atoms with Crippen LogP contribution in [0.2, 0.25) is 0 Å². The monoisotopic (exact) mass is 296 g/mol. The fourth-order valence-electron chi connectivity index (χ4n) is 3.76. The van der Waals surface area contributed by atoms with Gasteiger partial charge in [-0.25, -0.2) is 4.79 Å². The van der Waals surface area contributed by atoms with Gasteiger partial charge in [0.1, 0.15) is 0 Å². The lowest BCUT2D eigenvalue weighted by Gasteiger charge is -2.21. The molecule has 6 heteroatoms. The topological polar surface area (TPSA) is 95.5 Å². The van der Waals surface area contributed by atoms with E-state index in [0.29, 0.717) is 12.5 Å². The van der Waals surface area contributed by atoms with Crippen molar-refractivity contribution in [3.8, 4) is 0 Å². The van der Waals surface area contributed by atoms with E-state index in [9.17, 15) is 14.4 Å². The third kappa shape index (κ3) is 4.72. The second kappa shape index (κ2) is 6.91. The molecule has 21 heavy (non-hydrogen) atoms. The molecule has 2 fully saturated rings. The third-order valence-corrected chi connectivity index (χ3v) is 4.72. The molecule has 2 aliphatic carbocycles. The van der Waals surface area contributed by atoms with Crippen molar-refractivity contribution in [2.24, 2.45) is 23.7 Å². The highest BCUT2D eigenvalue weighted by molar-refractivity contribution is 5.94. The van der Waals surface area contributed by atoms with Gasteiger partial charge in [-0.1, -0.05) is 13.3 Å². The molecule has 2 saturated carbocycles. The van der Waals surface area contributed by atoms with Crippen LogP contribution < -0.4 is 10.6 Å². The summed E-state index contributed by atoms with van der Waals surface area (Å²) in [7, 11) is 0. The number of carboxylic acids is 1. The van der Waals surface area contributed by atoms with E-state index in [1.165, 1.54) is 25.7 Å². The van der Waals surface area contributed by atoms with Gasteiger partial charge in [0.2, 0.25) is 5.91 Å². The number of rotatable bonds is 6. The molecule has 0 aromatic rings. The van der Waals surface area contributed by atoms with Gasteiger partial charge in [-0.2, -0.15) is 0 Å². The van der Waals surface area contributed by atoms with E-state index < -0.39 is 17.9 Å². The Balaban J connectivity index is 1.62. The summed E-state index contributed by atoms with van der Waals surface area (Å²) in [5.74, 6) is 0.492. The molecule has 4 atom stereocenters. The summed E-state index contributed by atoms with van der Waals surface area (Å²) in [6, 6.07) is -0.467. The van der Waals surface area contributed by atoms with Crippen molar-refractivity contribution in [1.29, 1.82) is 0 Å². The van der Waals surface area contributed by atoms with Crippen LogP contribution in [0.3, 0.4) is 0 Å². The van der Waals surface area contributed by atoms with Gasteiger partial charge in [0.05, 0.1) is 0 Å². The Morgan fingerprint density at radius 2 is 1.95 bits per heavy atom. The van der Waals surface area contributed by atoms with Crippen molar-refractivity contribution < 1.29 is 19.5 Å². The maximum Gasteiger partial charge on any atom is 0.321 e. The smallest absolute Gasteiger partial charge is 0.321 e. The summed E-state index contributed by atoms with van der Waals surface area (Å²) in [6.07, 6.45) is 5.06. The lowest BCUT2D eigenvalue weighted by molar-refractivity contribution is -0.138. The summed E-state index contributed by atoms with van der Waals surface area (Å²) < 4.78 is 0. The number of carbonyl (C=O) groups excluding carboxylic acids is 2. The van der Waals surface area contributed by atoms with E-state index in [2.05, 4.69) is 10.6 Å². The molecule has 4 unspecified atom stereocenters. The fourth-order valence-corrected chi connectivity index (χ4v) is 3.76. The Labute approximate surface area is 124 Å². The molecule has 0 heterocycles. The van der Waals surface area contributed by atoms with Crippen molar-refractivity contribution in [2.75, 3.05) is 6.54 Å². The average molecular weight is 296 g/mol. The lowest BCUT2D eigenvalue weighted by atomic mass is 9.89. The van der Waals surface area contributed by atoms with Crippen LogP contribution in [0.4, 0.5) is 4.79 Å². The van der Waals surface area contributed by atoms with Crippen LogP contribution in [-0.4, -0.2) is 29.6 Å². The van der Waals surface area contributed by atoms with E-state index in [1.54, 1.807) is 6.92 Å². The first-order valence-electron chi connectivity index (χ1n) is 7.73. The molecule has 0 aliphatic heterocycles. The zero-order valence-corrected chi connectivity index (χ0v) is 12.4. The van der Waals surface area contributed by atoms with Gasteiger partial charge in [-0.3, -0.25) is 14.9 Å². The van der Waals surface area contributed by atoms with Gasteiger partial charge in [-0.15, -0.1) is 0 Å². The Hall–Kier alpha value is -1.59. The molecular formula is C15H24N2O4. The van der Waals surface area contributed by atoms with E-state index in [1.807, 2.05) is 0 Å². The van der Waals surface area contributed by atoms with Crippen LogP contribution in [0.25, 0.3) is 0 Å². The van der Waals surface area contributed by atoms with E-state index >= 15 is 0 Å². The largest absolute Gasteiger partial charge is 0.481 e. The van der Waals surface area contributed by atoms with E-state index in [0.717, 1.165) is 11.8 Å². The first-order chi connectivity index (χ1) is 9.94. The number of fused-ring (bicyclic) bond motifs is 2. The Morgan fingerprint density at radius 3 is 2.52 bits per heavy atom. The normalized spacial score (nSPS) is 28.1. The van der Waals surface area contributed by atoms with E-state index in [4.69, 9.17) is 5.11 Å². The Morgan fingerprint density at radius 1 is 1.19 bits per heavy atom. The van der Waals surface area contributed by atoms with Crippen molar-refractivity contribution in [2.45, 2.75) is 45.4 Å². The van der Waals surface area contributed by atoms with Crippen LogP contribution >= 0.6 is 0 Å². The van der Waals surface area contributed by atoms with Crippen molar-refractivity contribution in [1.82, 2.24) is 10.6 Å². The molecule has 0 aromatic carbocycles. The first-order valence-corrected chi connectivity index (χ1v) is 7.73. The maximum absolute atomic E-state index is 11.7. The summed E-state index contributed by atoms with van der Waals surface area (Å²) in [5.41, 5.74) is 0. The number of carbonyl (C=O) groups is 3.